The van der Waals surface area contributed by atoms with Crippen LogP contribution in [0.4, 0.5) is 0 Å². The zero-order valence-corrected chi connectivity index (χ0v) is 13.7. The summed E-state index contributed by atoms with van der Waals surface area (Å²) >= 11 is 8.84. The number of halogens is 1. The lowest BCUT2D eigenvalue weighted by molar-refractivity contribution is -0.121. The van der Waals surface area contributed by atoms with E-state index in [2.05, 4.69) is 10.3 Å². The standard InChI is InChI=1S/C13H15ClN2O3S2/c1-19-6-9(17)5-15-12(18)4-8-7-20-13(16-8)10-2-3-11(14)21-10/h2-3,7,9,17H,4-6H2,1H3,(H,15,18). The number of aliphatic hydroxyl groups excluding tert-OH is 1. The van der Waals surface area contributed by atoms with E-state index in [1.165, 1.54) is 29.8 Å². The molecule has 2 N–H and O–H groups in total. The fourth-order valence-corrected chi connectivity index (χ4v) is 3.58. The third-order valence-corrected chi connectivity index (χ3v) is 4.86. The molecule has 0 spiro atoms. The molecule has 21 heavy (non-hydrogen) atoms. The molecule has 2 aromatic rings. The molecule has 0 saturated heterocycles. The zero-order valence-electron chi connectivity index (χ0n) is 11.3. The van der Waals surface area contributed by atoms with Crippen molar-refractivity contribution in [3.05, 3.63) is 27.5 Å². The molecule has 0 saturated carbocycles. The number of rotatable bonds is 7. The van der Waals surface area contributed by atoms with Crippen molar-refractivity contribution < 1.29 is 14.6 Å². The fourth-order valence-electron chi connectivity index (χ4n) is 1.64. The van der Waals surface area contributed by atoms with Crippen LogP contribution in [-0.4, -0.2) is 42.4 Å². The predicted octanol–water partition coefficient (Wildman–Crippen LogP) is 2.19. The van der Waals surface area contributed by atoms with Crippen LogP contribution in [0.1, 0.15) is 5.69 Å². The Morgan fingerprint density at radius 2 is 2.38 bits per heavy atom. The van der Waals surface area contributed by atoms with Crippen molar-refractivity contribution in [3.63, 3.8) is 0 Å². The molecule has 8 heteroatoms. The van der Waals surface area contributed by atoms with E-state index in [4.69, 9.17) is 16.3 Å². The minimum Gasteiger partial charge on any atom is -0.389 e. The second-order valence-electron chi connectivity index (χ2n) is 4.34. The van der Waals surface area contributed by atoms with Crippen molar-refractivity contribution in [1.29, 1.82) is 0 Å². The van der Waals surface area contributed by atoms with Gasteiger partial charge in [-0.3, -0.25) is 4.79 Å². The highest BCUT2D eigenvalue weighted by Gasteiger charge is 2.11. The number of nitrogens with zero attached hydrogens (tertiary/aromatic N) is 1. The fraction of sp³-hybridized carbons (Fsp3) is 0.385. The highest BCUT2D eigenvalue weighted by atomic mass is 35.5. The van der Waals surface area contributed by atoms with Crippen LogP contribution in [0.15, 0.2) is 17.5 Å². The van der Waals surface area contributed by atoms with Gasteiger partial charge in [0.1, 0.15) is 5.01 Å². The van der Waals surface area contributed by atoms with Crippen LogP contribution in [0, 0.1) is 0 Å². The minimum atomic E-state index is -0.696. The number of amides is 1. The van der Waals surface area contributed by atoms with E-state index in [1.54, 1.807) is 0 Å². The Labute approximate surface area is 135 Å². The summed E-state index contributed by atoms with van der Waals surface area (Å²) in [6, 6.07) is 3.74. The van der Waals surface area contributed by atoms with Gasteiger partial charge < -0.3 is 15.2 Å². The first-order valence-electron chi connectivity index (χ1n) is 6.22. The molecule has 0 radical (unpaired) electrons. The van der Waals surface area contributed by atoms with Gasteiger partial charge in [0, 0.05) is 19.0 Å². The van der Waals surface area contributed by atoms with E-state index in [-0.39, 0.29) is 25.5 Å². The zero-order chi connectivity index (χ0) is 15.2. The Morgan fingerprint density at radius 1 is 1.57 bits per heavy atom. The molecule has 2 rings (SSSR count). The lowest BCUT2D eigenvalue weighted by atomic mass is 10.3. The van der Waals surface area contributed by atoms with E-state index >= 15 is 0 Å². The van der Waals surface area contributed by atoms with Crippen molar-refractivity contribution in [2.24, 2.45) is 0 Å². The summed E-state index contributed by atoms with van der Waals surface area (Å²) in [6.07, 6.45) is -0.506. The molecule has 0 aromatic carbocycles. The number of nitrogens with one attached hydrogen (secondary N) is 1. The first-order chi connectivity index (χ1) is 10.1. The highest BCUT2D eigenvalue weighted by Crippen LogP contribution is 2.32. The Kier molecular flexibility index (Phi) is 6.13. The summed E-state index contributed by atoms with van der Waals surface area (Å²) in [6.45, 7) is 0.366. The molecule has 0 bridgehead atoms. The summed E-state index contributed by atoms with van der Waals surface area (Å²) in [5, 5.41) is 14.8. The van der Waals surface area contributed by atoms with Crippen LogP contribution in [0.2, 0.25) is 4.34 Å². The van der Waals surface area contributed by atoms with E-state index in [1.807, 2.05) is 17.5 Å². The van der Waals surface area contributed by atoms with Gasteiger partial charge in [-0.2, -0.15) is 0 Å². The number of hydrogen-bond acceptors (Lipinski definition) is 6. The Bertz CT molecular complexity index is 600. The van der Waals surface area contributed by atoms with Gasteiger partial charge in [-0.1, -0.05) is 11.6 Å². The van der Waals surface area contributed by atoms with Crippen LogP contribution in [-0.2, 0) is 16.0 Å². The van der Waals surface area contributed by atoms with E-state index < -0.39 is 6.10 Å². The van der Waals surface area contributed by atoms with Gasteiger partial charge in [0.05, 0.1) is 34.0 Å². The van der Waals surface area contributed by atoms with Gasteiger partial charge in [0.2, 0.25) is 5.91 Å². The van der Waals surface area contributed by atoms with Crippen LogP contribution in [0.3, 0.4) is 0 Å². The molecule has 0 aliphatic heterocycles. The predicted molar refractivity (Wildman–Crippen MR) is 85.0 cm³/mol. The van der Waals surface area contributed by atoms with Crippen molar-refractivity contribution in [1.82, 2.24) is 10.3 Å². The highest BCUT2D eigenvalue weighted by molar-refractivity contribution is 7.23. The molecule has 114 valence electrons. The molecule has 0 aliphatic rings. The number of hydrogen-bond donors (Lipinski definition) is 2. The number of methoxy groups -OCH3 is 1. The Balaban J connectivity index is 1.86. The number of thiazole rings is 1. The molecule has 1 unspecified atom stereocenters. The summed E-state index contributed by atoms with van der Waals surface area (Å²) in [4.78, 5) is 17.2. The summed E-state index contributed by atoms with van der Waals surface area (Å²) in [5.41, 5.74) is 0.707. The quantitative estimate of drug-likeness (QED) is 0.806. The first-order valence-corrected chi connectivity index (χ1v) is 8.29. The maximum atomic E-state index is 11.8. The smallest absolute Gasteiger partial charge is 0.226 e. The molecule has 1 atom stereocenters. The van der Waals surface area contributed by atoms with Crippen LogP contribution in [0.5, 0.6) is 0 Å². The van der Waals surface area contributed by atoms with Crippen LogP contribution >= 0.6 is 34.3 Å². The van der Waals surface area contributed by atoms with Gasteiger partial charge >= 0.3 is 0 Å². The molecule has 0 aliphatic carbocycles. The number of carbonyl (C=O) groups is 1. The topological polar surface area (TPSA) is 71.5 Å². The summed E-state index contributed by atoms with van der Waals surface area (Å²) in [7, 11) is 1.50. The van der Waals surface area contributed by atoms with Gasteiger partial charge in [-0.05, 0) is 12.1 Å². The summed E-state index contributed by atoms with van der Waals surface area (Å²) in [5.74, 6) is -0.175. The third kappa shape index (κ3) is 5.05. The van der Waals surface area contributed by atoms with Crippen molar-refractivity contribution >= 4 is 40.2 Å². The maximum absolute atomic E-state index is 11.8. The molecule has 1 amide bonds. The molecule has 2 heterocycles. The average molecular weight is 347 g/mol. The monoisotopic (exact) mass is 346 g/mol. The van der Waals surface area contributed by atoms with Crippen molar-refractivity contribution in [2.45, 2.75) is 12.5 Å². The first kappa shape index (κ1) is 16.4. The summed E-state index contributed by atoms with van der Waals surface area (Å²) < 4.78 is 5.50. The molecule has 5 nitrogen and oxygen atoms in total. The molecule has 0 fully saturated rings. The van der Waals surface area contributed by atoms with E-state index in [0.29, 0.717) is 10.0 Å². The Morgan fingerprint density at radius 3 is 3.05 bits per heavy atom. The van der Waals surface area contributed by atoms with E-state index in [0.717, 1.165) is 9.88 Å². The minimum absolute atomic E-state index is 0.171. The number of aromatic nitrogens is 1. The third-order valence-electron chi connectivity index (χ3n) is 2.57. The second kappa shape index (κ2) is 7.86. The van der Waals surface area contributed by atoms with Gasteiger partial charge in [-0.15, -0.1) is 22.7 Å². The maximum Gasteiger partial charge on any atom is 0.226 e. The van der Waals surface area contributed by atoms with Crippen LogP contribution < -0.4 is 5.32 Å². The van der Waals surface area contributed by atoms with Crippen molar-refractivity contribution in [2.75, 3.05) is 20.3 Å². The van der Waals surface area contributed by atoms with Crippen molar-refractivity contribution in [3.8, 4) is 9.88 Å². The SMILES string of the molecule is COCC(O)CNC(=O)Cc1csc(-c2ccc(Cl)s2)n1. The van der Waals surface area contributed by atoms with Gasteiger partial charge in [-0.25, -0.2) is 4.98 Å². The lowest BCUT2D eigenvalue weighted by Crippen LogP contribution is -2.35. The normalized spacial score (nSPS) is 12.3. The van der Waals surface area contributed by atoms with Gasteiger partial charge in [0.15, 0.2) is 0 Å². The lowest BCUT2D eigenvalue weighted by Gasteiger charge is -2.10. The number of thiophene rings is 1. The Hall–Kier alpha value is -0.990. The van der Waals surface area contributed by atoms with E-state index in [9.17, 15) is 9.90 Å². The molecular weight excluding hydrogens is 332 g/mol. The number of ether oxygens (including phenoxy) is 1. The average Bonchev–Trinajstić information content (AvgIpc) is 3.06. The van der Waals surface area contributed by atoms with Crippen LogP contribution in [0.25, 0.3) is 9.88 Å². The van der Waals surface area contributed by atoms with Gasteiger partial charge in [0.25, 0.3) is 0 Å². The molecular formula is C13H15ClN2O3S2. The second-order valence-corrected chi connectivity index (χ2v) is 6.91. The number of carbonyl (C=O) groups excluding carboxylic acids is 1. The largest absolute Gasteiger partial charge is 0.389 e. The number of aliphatic hydroxyl groups is 1. The molecule has 2 aromatic heterocycles.